The number of hydrogen-bond donors (Lipinski definition) is 2. The number of benzene rings is 1. The molecule has 126 valence electrons. The van der Waals surface area contributed by atoms with E-state index in [1.165, 1.54) is 18.5 Å². The molecule has 1 amide bonds. The fourth-order valence-electron chi connectivity index (χ4n) is 3.25. The Kier molecular flexibility index (Phi) is 3.80. The molecule has 0 saturated heterocycles. The van der Waals surface area contributed by atoms with Crippen molar-refractivity contribution in [3.63, 3.8) is 0 Å². The van der Waals surface area contributed by atoms with E-state index in [9.17, 15) is 9.18 Å². The number of rotatable bonds is 2. The minimum Gasteiger partial charge on any atom is -0.364 e. The lowest BCUT2D eigenvalue weighted by atomic mass is 10.0. The Morgan fingerprint density at radius 2 is 2.20 bits per heavy atom. The van der Waals surface area contributed by atoms with Crippen molar-refractivity contribution in [2.45, 2.75) is 26.2 Å². The van der Waals surface area contributed by atoms with Crippen LogP contribution in [0.2, 0.25) is 0 Å². The first-order valence-electron chi connectivity index (χ1n) is 8.20. The van der Waals surface area contributed by atoms with Gasteiger partial charge in [-0.15, -0.1) is 0 Å². The third kappa shape index (κ3) is 2.80. The lowest BCUT2D eigenvalue weighted by Crippen LogP contribution is -2.13. The maximum atomic E-state index is 13.5. The highest BCUT2D eigenvalue weighted by atomic mass is 19.1. The van der Waals surface area contributed by atoms with E-state index in [4.69, 9.17) is 0 Å². The van der Waals surface area contributed by atoms with Gasteiger partial charge < -0.3 is 10.3 Å². The SMILES string of the molecule is Cc1ccc(F)cc1NC(=O)c1c[nH]c2c1-c1ncncc1CCC2. The monoisotopic (exact) mass is 336 g/mol. The van der Waals surface area contributed by atoms with Gasteiger partial charge in [0.25, 0.3) is 5.91 Å². The van der Waals surface area contributed by atoms with Gasteiger partial charge in [-0.05, 0) is 49.4 Å². The third-order valence-electron chi connectivity index (χ3n) is 4.55. The van der Waals surface area contributed by atoms with Gasteiger partial charge in [0.2, 0.25) is 0 Å². The first-order valence-corrected chi connectivity index (χ1v) is 8.20. The van der Waals surface area contributed by atoms with Crippen LogP contribution in [0.3, 0.4) is 0 Å². The summed E-state index contributed by atoms with van der Waals surface area (Å²) in [6.07, 6.45) is 7.70. The van der Waals surface area contributed by atoms with Crippen molar-refractivity contribution in [1.82, 2.24) is 15.0 Å². The number of aryl methyl sites for hydroxylation is 3. The molecule has 2 N–H and O–H groups in total. The average molecular weight is 336 g/mol. The van der Waals surface area contributed by atoms with Crippen molar-refractivity contribution in [1.29, 1.82) is 0 Å². The number of fused-ring (bicyclic) bond motifs is 3. The van der Waals surface area contributed by atoms with Gasteiger partial charge >= 0.3 is 0 Å². The van der Waals surface area contributed by atoms with Gasteiger partial charge in [0.05, 0.1) is 11.3 Å². The molecule has 2 heterocycles. The van der Waals surface area contributed by atoms with Crippen LogP contribution in [0.1, 0.15) is 33.6 Å². The topological polar surface area (TPSA) is 70.7 Å². The zero-order valence-electron chi connectivity index (χ0n) is 13.8. The van der Waals surface area contributed by atoms with Crippen LogP contribution in [0.25, 0.3) is 11.3 Å². The molecular weight excluding hydrogens is 319 g/mol. The van der Waals surface area contributed by atoms with Crippen molar-refractivity contribution in [2.24, 2.45) is 0 Å². The number of carbonyl (C=O) groups is 1. The Morgan fingerprint density at radius 1 is 1.32 bits per heavy atom. The Balaban J connectivity index is 1.75. The second-order valence-corrected chi connectivity index (χ2v) is 6.22. The molecule has 0 fully saturated rings. The molecule has 0 atom stereocenters. The van der Waals surface area contributed by atoms with Gasteiger partial charge in [-0.1, -0.05) is 6.07 Å². The highest BCUT2D eigenvalue weighted by molar-refractivity contribution is 6.09. The number of halogens is 1. The van der Waals surface area contributed by atoms with Crippen LogP contribution in [-0.4, -0.2) is 20.9 Å². The van der Waals surface area contributed by atoms with E-state index < -0.39 is 0 Å². The van der Waals surface area contributed by atoms with Crippen LogP contribution >= 0.6 is 0 Å². The molecule has 4 rings (SSSR count). The Bertz CT molecular complexity index is 964. The molecule has 25 heavy (non-hydrogen) atoms. The van der Waals surface area contributed by atoms with Crippen LogP contribution in [-0.2, 0) is 12.8 Å². The number of aromatic nitrogens is 3. The molecule has 0 unspecified atom stereocenters. The minimum absolute atomic E-state index is 0.280. The smallest absolute Gasteiger partial charge is 0.257 e. The van der Waals surface area contributed by atoms with Crippen molar-refractivity contribution in [3.05, 3.63) is 65.1 Å². The third-order valence-corrected chi connectivity index (χ3v) is 4.55. The molecule has 0 bridgehead atoms. The van der Waals surface area contributed by atoms with Crippen molar-refractivity contribution in [2.75, 3.05) is 5.32 Å². The van der Waals surface area contributed by atoms with Gasteiger partial charge in [-0.25, -0.2) is 14.4 Å². The van der Waals surface area contributed by atoms with Crippen LogP contribution in [0, 0.1) is 12.7 Å². The summed E-state index contributed by atoms with van der Waals surface area (Å²) < 4.78 is 13.5. The number of aromatic amines is 1. The number of anilines is 1. The molecule has 6 heteroatoms. The summed E-state index contributed by atoms with van der Waals surface area (Å²) >= 11 is 0. The predicted octanol–water partition coefficient (Wildman–Crippen LogP) is 3.66. The lowest BCUT2D eigenvalue weighted by molar-refractivity contribution is 0.102. The van der Waals surface area contributed by atoms with Crippen LogP contribution < -0.4 is 5.32 Å². The number of carbonyl (C=O) groups excluding carboxylic acids is 1. The molecule has 0 aliphatic heterocycles. The van der Waals surface area contributed by atoms with Gasteiger partial charge in [-0.3, -0.25) is 4.79 Å². The number of nitrogens with zero attached hydrogens (tertiary/aromatic N) is 2. The van der Waals surface area contributed by atoms with E-state index in [2.05, 4.69) is 20.3 Å². The molecule has 1 aliphatic rings. The van der Waals surface area contributed by atoms with E-state index in [0.717, 1.165) is 47.3 Å². The van der Waals surface area contributed by atoms with Gasteiger partial charge in [0.15, 0.2) is 0 Å². The molecule has 5 nitrogen and oxygen atoms in total. The second-order valence-electron chi connectivity index (χ2n) is 6.22. The first kappa shape index (κ1) is 15.5. The standard InChI is InChI=1S/C19H17FN4O/c1-11-5-6-13(20)7-16(11)24-19(25)14-9-22-15-4-2-3-12-8-21-10-23-18(12)17(14)15/h5-10,22H,2-4H2,1H3,(H,24,25). The summed E-state index contributed by atoms with van der Waals surface area (Å²) in [5.41, 5.74) is 5.44. The normalized spacial score (nSPS) is 12.9. The number of H-pyrrole nitrogens is 1. The first-order chi connectivity index (χ1) is 12.1. The van der Waals surface area contributed by atoms with Crippen molar-refractivity contribution < 1.29 is 9.18 Å². The summed E-state index contributed by atoms with van der Waals surface area (Å²) in [4.78, 5) is 24.5. The van der Waals surface area contributed by atoms with E-state index >= 15 is 0 Å². The van der Waals surface area contributed by atoms with Crippen LogP contribution in [0.4, 0.5) is 10.1 Å². The number of nitrogens with one attached hydrogen (secondary N) is 2. The second kappa shape index (κ2) is 6.12. The minimum atomic E-state index is -0.383. The molecule has 0 spiro atoms. The lowest BCUT2D eigenvalue weighted by Gasteiger charge is -2.10. The predicted molar refractivity (Wildman–Crippen MR) is 92.9 cm³/mol. The van der Waals surface area contributed by atoms with Crippen LogP contribution in [0.5, 0.6) is 0 Å². The Labute approximate surface area is 144 Å². The highest BCUT2D eigenvalue weighted by Gasteiger charge is 2.24. The van der Waals surface area contributed by atoms with E-state index in [-0.39, 0.29) is 11.7 Å². The van der Waals surface area contributed by atoms with Gasteiger partial charge in [0.1, 0.15) is 12.1 Å². The zero-order chi connectivity index (χ0) is 17.4. The quantitative estimate of drug-likeness (QED) is 0.750. The largest absolute Gasteiger partial charge is 0.364 e. The number of hydrogen-bond acceptors (Lipinski definition) is 3. The summed E-state index contributed by atoms with van der Waals surface area (Å²) in [6.45, 7) is 1.83. The van der Waals surface area contributed by atoms with Crippen molar-refractivity contribution >= 4 is 11.6 Å². The Morgan fingerprint density at radius 3 is 3.08 bits per heavy atom. The summed E-state index contributed by atoms with van der Waals surface area (Å²) in [5, 5.41) is 2.81. The molecule has 3 aromatic rings. The maximum absolute atomic E-state index is 13.5. The van der Waals surface area contributed by atoms with E-state index in [1.54, 1.807) is 12.3 Å². The fraction of sp³-hybridized carbons (Fsp3) is 0.211. The summed E-state index contributed by atoms with van der Waals surface area (Å²) in [5.74, 6) is -0.662. The Hall–Kier alpha value is -3.02. The zero-order valence-corrected chi connectivity index (χ0v) is 13.8. The van der Waals surface area contributed by atoms with Crippen molar-refractivity contribution in [3.8, 4) is 11.3 Å². The molecule has 1 aromatic carbocycles. The summed E-state index contributed by atoms with van der Waals surface area (Å²) in [6, 6.07) is 4.35. The summed E-state index contributed by atoms with van der Waals surface area (Å²) in [7, 11) is 0. The van der Waals surface area contributed by atoms with Gasteiger partial charge in [0, 0.05) is 29.3 Å². The highest BCUT2D eigenvalue weighted by Crippen LogP contribution is 2.33. The molecule has 0 radical (unpaired) electrons. The average Bonchev–Trinajstić information content (AvgIpc) is 2.94. The number of amides is 1. The molecule has 0 saturated carbocycles. The molecule has 1 aliphatic carbocycles. The van der Waals surface area contributed by atoms with E-state index in [0.29, 0.717) is 11.3 Å². The van der Waals surface area contributed by atoms with Crippen LogP contribution in [0.15, 0.2) is 36.9 Å². The maximum Gasteiger partial charge on any atom is 0.257 e. The molecule has 2 aromatic heterocycles. The van der Waals surface area contributed by atoms with Gasteiger partial charge in [-0.2, -0.15) is 0 Å². The van der Waals surface area contributed by atoms with E-state index in [1.807, 2.05) is 13.1 Å². The molecular formula is C19H17FN4O. The fourth-order valence-corrected chi connectivity index (χ4v) is 3.25.